The van der Waals surface area contributed by atoms with Crippen molar-refractivity contribution in [2.45, 2.75) is 32.7 Å². The van der Waals surface area contributed by atoms with Crippen LogP contribution in [-0.4, -0.2) is 45.2 Å². The maximum atomic E-state index is 9.88. The number of rotatable bonds is 4. The van der Waals surface area contributed by atoms with Crippen LogP contribution < -0.4 is 40.4 Å². The molecule has 1 atom stereocenters. The van der Waals surface area contributed by atoms with Gasteiger partial charge in [-0.1, -0.05) is 0 Å². The molecule has 0 aromatic rings. The largest absolute Gasteiger partial charge is 1.00 e. The van der Waals surface area contributed by atoms with Crippen molar-refractivity contribution in [3.8, 4) is 0 Å². The van der Waals surface area contributed by atoms with Crippen LogP contribution in [0.4, 0.5) is 0 Å². The van der Waals surface area contributed by atoms with Crippen molar-refractivity contribution >= 4 is 23.9 Å². The second kappa shape index (κ2) is 16.8. The first-order valence-electron chi connectivity index (χ1n) is 4.58. The maximum Gasteiger partial charge on any atom is 1.00 e. The van der Waals surface area contributed by atoms with Gasteiger partial charge in [-0.05, 0) is 6.42 Å². The summed E-state index contributed by atoms with van der Waals surface area (Å²) in [6, 6.07) is -1.17. The van der Waals surface area contributed by atoms with Gasteiger partial charge in [-0.25, -0.2) is 0 Å². The summed E-state index contributed by atoms with van der Waals surface area (Å²) in [5, 5.41) is 32.8. The second-order valence-corrected chi connectivity index (χ2v) is 2.90. The van der Waals surface area contributed by atoms with Crippen molar-refractivity contribution in [2.75, 3.05) is 0 Å². The van der Waals surface area contributed by atoms with Crippen molar-refractivity contribution in [2.24, 2.45) is 5.73 Å². The standard InChI is InChI=1S/C5H9NO4.2C2H4O2.Na/c6-3(5(9)10)1-2-4(7)8;2*1-2(3)4;/h3H,1-2,6H2,(H,7,8)(H,9,10);2*1H3,(H,3,4);/q;;;+1/p-1. The minimum absolute atomic E-state index is 0. The molecule has 1 unspecified atom stereocenters. The van der Waals surface area contributed by atoms with Gasteiger partial charge < -0.3 is 31.0 Å². The van der Waals surface area contributed by atoms with Gasteiger partial charge in [0, 0.05) is 26.3 Å². The maximum absolute atomic E-state index is 9.88. The molecule has 0 aromatic carbocycles. The molecule has 0 spiro atoms. The third kappa shape index (κ3) is 60.3. The molecule has 0 aliphatic heterocycles. The van der Waals surface area contributed by atoms with Crippen molar-refractivity contribution in [1.29, 1.82) is 0 Å². The van der Waals surface area contributed by atoms with Gasteiger partial charge in [0.05, 0.1) is 5.97 Å². The zero-order valence-electron chi connectivity index (χ0n) is 11.0. The second-order valence-electron chi connectivity index (χ2n) is 2.90. The fourth-order valence-electron chi connectivity index (χ4n) is 0.397. The summed E-state index contributed by atoms with van der Waals surface area (Å²) in [4.78, 5) is 37.7. The third-order valence-electron chi connectivity index (χ3n) is 0.972. The molecule has 0 heterocycles. The number of carbonyl (C=O) groups is 4. The smallest absolute Gasteiger partial charge is 0.548 e. The molecule has 0 radical (unpaired) electrons. The van der Waals surface area contributed by atoms with Crippen molar-refractivity contribution < 1.29 is 69.2 Å². The first kappa shape index (κ1) is 26.4. The summed E-state index contributed by atoms with van der Waals surface area (Å²) < 4.78 is 0. The number of carboxylic acids is 4. The average Bonchev–Trinajstić information content (AvgIpc) is 2.11. The van der Waals surface area contributed by atoms with Gasteiger partial charge in [0.15, 0.2) is 0 Å². The van der Waals surface area contributed by atoms with Crippen LogP contribution in [0.15, 0.2) is 0 Å². The van der Waals surface area contributed by atoms with E-state index in [2.05, 4.69) is 0 Å². The minimum Gasteiger partial charge on any atom is -0.548 e. The monoisotopic (exact) mass is 289 g/mol. The summed E-state index contributed by atoms with van der Waals surface area (Å²) in [6.07, 6.45) is -0.327. The van der Waals surface area contributed by atoms with Crippen LogP contribution >= 0.6 is 0 Å². The normalized spacial score (nSPS) is 9.21. The van der Waals surface area contributed by atoms with Crippen LogP contribution in [0.3, 0.4) is 0 Å². The molecule has 0 saturated carbocycles. The Morgan fingerprint density at radius 2 is 1.32 bits per heavy atom. The number of nitrogens with two attached hydrogens (primary N) is 1. The number of hydrogen-bond acceptors (Lipinski definition) is 6. The summed E-state index contributed by atoms with van der Waals surface area (Å²) in [6.45, 7) is 2.17. The van der Waals surface area contributed by atoms with Gasteiger partial charge >= 0.3 is 35.5 Å². The van der Waals surface area contributed by atoms with Gasteiger partial charge in [-0.15, -0.1) is 0 Å². The van der Waals surface area contributed by atoms with E-state index in [1.807, 2.05) is 0 Å². The molecule has 10 heteroatoms. The van der Waals surface area contributed by atoms with Gasteiger partial charge in [-0.2, -0.15) is 0 Å². The molecule has 106 valence electrons. The fourth-order valence-corrected chi connectivity index (χ4v) is 0.397. The molecule has 0 aliphatic carbocycles. The van der Waals surface area contributed by atoms with E-state index in [0.29, 0.717) is 0 Å². The van der Waals surface area contributed by atoms with Crippen LogP contribution in [0.1, 0.15) is 26.7 Å². The van der Waals surface area contributed by atoms with Gasteiger partial charge in [0.1, 0.15) is 0 Å². The van der Waals surface area contributed by atoms with Gasteiger partial charge in [-0.3, -0.25) is 14.4 Å². The molecular formula is C9H16NNaO8. The van der Waals surface area contributed by atoms with Crippen molar-refractivity contribution in [3.63, 3.8) is 0 Å². The zero-order chi connectivity index (χ0) is 15.3. The first-order chi connectivity index (χ1) is 8.00. The predicted octanol–water partition coefficient (Wildman–Crippen LogP) is -4.89. The quantitative estimate of drug-likeness (QED) is 0.369. The van der Waals surface area contributed by atoms with E-state index in [1.54, 1.807) is 0 Å². The Labute approximate surface area is 131 Å². The molecule has 0 fully saturated rings. The molecule has 0 rings (SSSR count). The molecule has 0 saturated heterocycles. The Hall–Kier alpha value is -1.16. The Balaban J connectivity index is -0.000000105. The van der Waals surface area contributed by atoms with E-state index < -0.39 is 29.9 Å². The van der Waals surface area contributed by atoms with E-state index in [0.717, 1.165) is 13.8 Å². The Morgan fingerprint density at radius 3 is 1.47 bits per heavy atom. The Morgan fingerprint density at radius 1 is 1.05 bits per heavy atom. The van der Waals surface area contributed by atoms with E-state index in [9.17, 15) is 14.7 Å². The first-order valence-corrected chi connectivity index (χ1v) is 4.58. The van der Waals surface area contributed by atoms with Crippen LogP contribution in [-0.2, 0) is 19.2 Å². The minimum atomic E-state index is -1.42. The zero-order valence-corrected chi connectivity index (χ0v) is 13.0. The van der Waals surface area contributed by atoms with E-state index in [1.165, 1.54) is 0 Å². The van der Waals surface area contributed by atoms with E-state index >= 15 is 0 Å². The van der Waals surface area contributed by atoms with Crippen LogP contribution in [0.25, 0.3) is 0 Å². The summed E-state index contributed by atoms with van der Waals surface area (Å²) in [7, 11) is 0. The van der Waals surface area contributed by atoms with E-state index in [4.69, 9.17) is 30.6 Å². The number of carbonyl (C=O) groups excluding carboxylic acids is 1. The summed E-state index contributed by atoms with van der Waals surface area (Å²) in [5.41, 5.74) is 4.94. The SMILES string of the molecule is CC(=O)O.CC(=O)O.NC(CCC(=O)O)C(=O)[O-].[Na+]. The third-order valence-corrected chi connectivity index (χ3v) is 0.972. The fraction of sp³-hybridized carbons (Fsp3) is 0.556. The van der Waals surface area contributed by atoms with Gasteiger partial charge in [0.2, 0.25) is 0 Å². The molecule has 0 aromatic heterocycles. The molecule has 0 amide bonds. The van der Waals surface area contributed by atoms with Crippen LogP contribution in [0.2, 0.25) is 0 Å². The van der Waals surface area contributed by atoms with Crippen molar-refractivity contribution in [1.82, 2.24) is 0 Å². The average molecular weight is 289 g/mol. The van der Waals surface area contributed by atoms with Crippen LogP contribution in [0, 0.1) is 0 Å². The molecule has 5 N–H and O–H groups in total. The molecule has 9 nitrogen and oxygen atoms in total. The predicted molar refractivity (Wildman–Crippen MR) is 56.5 cm³/mol. The van der Waals surface area contributed by atoms with Crippen molar-refractivity contribution in [3.05, 3.63) is 0 Å². The molecule has 0 aliphatic rings. The number of carboxylic acid groups (broad SMARTS) is 4. The summed E-state index contributed by atoms with van der Waals surface area (Å²) in [5.74, 6) is -4.14. The topological polar surface area (TPSA) is 178 Å². The summed E-state index contributed by atoms with van der Waals surface area (Å²) >= 11 is 0. The molecule has 0 bridgehead atoms. The Kier molecular flexibility index (Phi) is 23.4. The Bertz CT molecular complexity index is 274. The van der Waals surface area contributed by atoms with Crippen LogP contribution in [0.5, 0.6) is 0 Å². The number of aliphatic carboxylic acids is 4. The number of hydrogen-bond donors (Lipinski definition) is 4. The van der Waals surface area contributed by atoms with Gasteiger partial charge in [0.25, 0.3) is 11.9 Å². The van der Waals surface area contributed by atoms with E-state index in [-0.39, 0.29) is 42.4 Å². The molecule has 19 heavy (non-hydrogen) atoms. The molecular weight excluding hydrogens is 273 g/mol.